The second-order valence-corrected chi connectivity index (χ2v) is 7.62. The van der Waals surface area contributed by atoms with Crippen molar-refractivity contribution in [2.45, 2.75) is 64.8 Å². The molecule has 0 amide bonds. The molecule has 2 atom stereocenters. The van der Waals surface area contributed by atoms with Gasteiger partial charge in [0.15, 0.2) is 0 Å². The fourth-order valence-corrected chi connectivity index (χ4v) is 3.40. The molecule has 1 aliphatic rings. The van der Waals surface area contributed by atoms with Crippen LogP contribution in [0, 0.1) is 17.7 Å². The highest BCUT2D eigenvalue weighted by atomic mass is 19.1. The highest BCUT2D eigenvalue weighted by molar-refractivity contribution is 5.17. The monoisotopic (exact) mass is 291 g/mol. The Kier molecular flexibility index (Phi) is 5.80. The van der Waals surface area contributed by atoms with Gasteiger partial charge in [-0.15, -0.1) is 0 Å². The van der Waals surface area contributed by atoms with Crippen LogP contribution in [0.3, 0.4) is 0 Å². The van der Waals surface area contributed by atoms with Crippen LogP contribution < -0.4 is 5.32 Å². The molecule has 21 heavy (non-hydrogen) atoms. The smallest absolute Gasteiger partial charge is 0.123 e. The van der Waals surface area contributed by atoms with Crippen molar-refractivity contribution in [2.75, 3.05) is 6.54 Å². The van der Waals surface area contributed by atoms with Crippen molar-refractivity contribution >= 4 is 0 Å². The minimum absolute atomic E-state index is 0.106. The summed E-state index contributed by atoms with van der Waals surface area (Å²) < 4.78 is 13.4. The number of rotatable bonds is 4. The Morgan fingerprint density at radius 1 is 1.10 bits per heavy atom. The molecule has 118 valence electrons. The van der Waals surface area contributed by atoms with E-state index in [0.717, 1.165) is 24.4 Å². The van der Waals surface area contributed by atoms with Gasteiger partial charge in [-0.2, -0.15) is 0 Å². The Morgan fingerprint density at radius 2 is 1.81 bits per heavy atom. The van der Waals surface area contributed by atoms with Crippen LogP contribution >= 0.6 is 0 Å². The Morgan fingerprint density at radius 3 is 2.48 bits per heavy atom. The molecular weight excluding hydrogens is 261 g/mol. The first-order chi connectivity index (χ1) is 9.94. The maximum absolute atomic E-state index is 13.4. The molecule has 0 heterocycles. The zero-order chi connectivity index (χ0) is 15.3. The van der Waals surface area contributed by atoms with Gasteiger partial charge in [0.05, 0.1) is 0 Å². The Labute approximate surface area is 129 Å². The summed E-state index contributed by atoms with van der Waals surface area (Å²) in [7, 11) is 0. The zero-order valence-electron chi connectivity index (χ0n) is 13.8. The standard InChI is InChI=1S/C19H30FN/c1-19(2,3)21-14-17-10-6-4-5-9-16(17)12-15-8-7-11-18(20)13-15/h7-8,11,13,16-17,21H,4-6,9-10,12,14H2,1-3H3. The molecule has 1 aromatic carbocycles. The average Bonchev–Trinajstić information content (AvgIpc) is 2.61. The van der Waals surface area contributed by atoms with Crippen LogP contribution in [-0.2, 0) is 6.42 Å². The summed E-state index contributed by atoms with van der Waals surface area (Å²) in [4.78, 5) is 0. The van der Waals surface area contributed by atoms with Gasteiger partial charge in [-0.25, -0.2) is 4.39 Å². The van der Waals surface area contributed by atoms with Gasteiger partial charge in [-0.1, -0.05) is 31.4 Å². The number of halogens is 1. The first-order valence-electron chi connectivity index (χ1n) is 8.43. The molecule has 1 aromatic rings. The van der Waals surface area contributed by atoms with Gasteiger partial charge in [-0.05, 0) is 76.1 Å². The van der Waals surface area contributed by atoms with Crippen molar-refractivity contribution in [1.82, 2.24) is 5.32 Å². The number of nitrogens with one attached hydrogen (secondary N) is 1. The SMILES string of the molecule is CC(C)(C)NCC1CCCCCC1Cc1cccc(F)c1. The summed E-state index contributed by atoms with van der Waals surface area (Å²) in [5, 5.41) is 3.67. The molecule has 2 rings (SSSR count). The Hall–Kier alpha value is -0.890. The summed E-state index contributed by atoms with van der Waals surface area (Å²) in [6, 6.07) is 7.15. The molecule has 2 unspecified atom stereocenters. The van der Waals surface area contributed by atoms with Gasteiger partial charge in [0.1, 0.15) is 5.82 Å². The van der Waals surface area contributed by atoms with Crippen molar-refractivity contribution in [1.29, 1.82) is 0 Å². The van der Waals surface area contributed by atoms with Gasteiger partial charge in [0.25, 0.3) is 0 Å². The second kappa shape index (κ2) is 7.40. The Bertz CT molecular complexity index is 435. The fourth-order valence-electron chi connectivity index (χ4n) is 3.40. The molecule has 2 heteroatoms. The van der Waals surface area contributed by atoms with Crippen LogP contribution in [0.2, 0.25) is 0 Å². The number of hydrogen-bond acceptors (Lipinski definition) is 1. The van der Waals surface area contributed by atoms with Crippen LogP contribution in [0.15, 0.2) is 24.3 Å². The molecule has 0 aliphatic heterocycles. The maximum Gasteiger partial charge on any atom is 0.123 e. The Balaban J connectivity index is 2.01. The van der Waals surface area contributed by atoms with Crippen molar-refractivity contribution in [3.63, 3.8) is 0 Å². The van der Waals surface area contributed by atoms with Crippen LogP contribution in [0.1, 0.15) is 58.4 Å². The summed E-state index contributed by atoms with van der Waals surface area (Å²) >= 11 is 0. The van der Waals surface area contributed by atoms with Crippen molar-refractivity contribution in [3.8, 4) is 0 Å². The summed E-state index contributed by atoms with van der Waals surface area (Å²) in [6.45, 7) is 7.77. The fraction of sp³-hybridized carbons (Fsp3) is 0.684. The molecule has 0 saturated heterocycles. The highest BCUT2D eigenvalue weighted by Crippen LogP contribution is 2.31. The van der Waals surface area contributed by atoms with E-state index in [2.05, 4.69) is 32.2 Å². The first kappa shape index (κ1) is 16.5. The van der Waals surface area contributed by atoms with E-state index in [4.69, 9.17) is 0 Å². The lowest BCUT2D eigenvalue weighted by Crippen LogP contribution is -2.40. The molecule has 1 fully saturated rings. The number of hydrogen-bond donors (Lipinski definition) is 1. The van der Waals surface area contributed by atoms with Crippen LogP contribution in [0.5, 0.6) is 0 Å². The number of benzene rings is 1. The zero-order valence-corrected chi connectivity index (χ0v) is 13.8. The second-order valence-electron chi connectivity index (χ2n) is 7.62. The lowest BCUT2D eigenvalue weighted by atomic mass is 9.82. The lowest BCUT2D eigenvalue weighted by Gasteiger charge is -2.30. The first-order valence-corrected chi connectivity index (χ1v) is 8.43. The van der Waals surface area contributed by atoms with Gasteiger partial charge >= 0.3 is 0 Å². The molecule has 0 spiro atoms. The van der Waals surface area contributed by atoms with E-state index in [1.165, 1.54) is 38.2 Å². The van der Waals surface area contributed by atoms with E-state index in [1.807, 2.05) is 6.07 Å². The van der Waals surface area contributed by atoms with Crippen LogP contribution in [-0.4, -0.2) is 12.1 Å². The van der Waals surface area contributed by atoms with E-state index in [-0.39, 0.29) is 11.4 Å². The predicted octanol–water partition coefficient (Wildman–Crippen LogP) is 4.95. The third-order valence-corrected chi connectivity index (χ3v) is 4.60. The third kappa shape index (κ3) is 5.78. The van der Waals surface area contributed by atoms with E-state index in [0.29, 0.717) is 5.92 Å². The largest absolute Gasteiger partial charge is 0.312 e. The topological polar surface area (TPSA) is 12.0 Å². The molecule has 0 radical (unpaired) electrons. The predicted molar refractivity (Wildman–Crippen MR) is 87.9 cm³/mol. The molecule has 1 N–H and O–H groups in total. The van der Waals surface area contributed by atoms with Gasteiger partial charge < -0.3 is 5.32 Å². The third-order valence-electron chi connectivity index (χ3n) is 4.60. The van der Waals surface area contributed by atoms with Gasteiger partial charge in [-0.3, -0.25) is 0 Å². The quantitative estimate of drug-likeness (QED) is 0.774. The van der Waals surface area contributed by atoms with E-state index in [9.17, 15) is 4.39 Å². The van der Waals surface area contributed by atoms with Crippen LogP contribution in [0.25, 0.3) is 0 Å². The summed E-state index contributed by atoms with van der Waals surface area (Å²) in [5.41, 5.74) is 1.33. The molecule has 1 aliphatic carbocycles. The average molecular weight is 291 g/mol. The van der Waals surface area contributed by atoms with Gasteiger partial charge in [0, 0.05) is 5.54 Å². The minimum Gasteiger partial charge on any atom is -0.312 e. The minimum atomic E-state index is -0.106. The molecule has 1 nitrogen and oxygen atoms in total. The van der Waals surface area contributed by atoms with E-state index in [1.54, 1.807) is 6.07 Å². The van der Waals surface area contributed by atoms with Crippen molar-refractivity contribution in [3.05, 3.63) is 35.6 Å². The van der Waals surface area contributed by atoms with Crippen molar-refractivity contribution in [2.24, 2.45) is 11.8 Å². The van der Waals surface area contributed by atoms with Crippen molar-refractivity contribution < 1.29 is 4.39 Å². The van der Waals surface area contributed by atoms with Gasteiger partial charge in [0.2, 0.25) is 0 Å². The highest BCUT2D eigenvalue weighted by Gasteiger charge is 2.25. The molecule has 0 aromatic heterocycles. The molecule has 1 saturated carbocycles. The normalized spacial score (nSPS) is 23.8. The molecule has 0 bridgehead atoms. The summed E-state index contributed by atoms with van der Waals surface area (Å²) in [6.07, 6.45) is 7.64. The molecular formula is C19H30FN. The van der Waals surface area contributed by atoms with E-state index >= 15 is 0 Å². The maximum atomic E-state index is 13.4. The lowest BCUT2D eigenvalue weighted by molar-refractivity contribution is 0.269. The van der Waals surface area contributed by atoms with E-state index < -0.39 is 0 Å². The van der Waals surface area contributed by atoms with Crippen LogP contribution in [0.4, 0.5) is 4.39 Å². The summed E-state index contributed by atoms with van der Waals surface area (Å²) in [5.74, 6) is 1.30.